The van der Waals surface area contributed by atoms with E-state index in [1.54, 1.807) is 6.07 Å². The van der Waals surface area contributed by atoms with E-state index < -0.39 is 10.8 Å². The normalized spacial score (nSPS) is 10.3. The number of nitrogens with one attached hydrogen (secondary N) is 1. The van der Waals surface area contributed by atoms with Gasteiger partial charge in [0.15, 0.2) is 0 Å². The zero-order valence-corrected chi connectivity index (χ0v) is 15.0. The first kappa shape index (κ1) is 20.0. The van der Waals surface area contributed by atoms with Crippen LogP contribution < -0.4 is 5.32 Å². The Morgan fingerprint density at radius 1 is 1.29 bits per heavy atom. The van der Waals surface area contributed by atoms with Crippen LogP contribution in [-0.2, 0) is 4.79 Å². The highest BCUT2D eigenvalue weighted by Crippen LogP contribution is 2.26. The van der Waals surface area contributed by atoms with Crippen LogP contribution in [0, 0.1) is 10.1 Å². The van der Waals surface area contributed by atoms with Gasteiger partial charge in [0.25, 0.3) is 11.6 Å². The van der Waals surface area contributed by atoms with E-state index in [0.29, 0.717) is 19.5 Å². The molecule has 0 spiro atoms. The molecule has 2 amide bonds. The lowest BCUT2D eigenvalue weighted by atomic mass is 10.1. The van der Waals surface area contributed by atoms with E-state index in [-0.39, 0.29) is 23.7 Å². The molecule has 1 N–H and O–H groups in total. The summed E-state index contributed by atoms with van der Waals surface area (Å²) in [5, 5.41) is 13.9. The number of nitrogens with zero attached hydrogens (tertiary/aromatic N) is 2. The number of amides is 2. The van der Waals surface area contributed by atoms with E-state index in [1.165, 1.54) is 28.8 Å². The molecule has 8 heteroatoms. The van der Waals surface area contributed by atoms with E-state index in [0.717, 1.165) is 11.3 Å². The SMILES string of the molecule is CCCNC(=O)CN(CCC)C(=O)c1cc(SC)ccc1[N+](=O)[O-]. The second kappa shape index (κ2) is 9.92. The van der Waals surface area contributed by atoms with Crippen LogP contribution in [0.2, 0.25) is 0 Å². The summed E-state index contributed by atoms with van der Waals surface area (Å²) in [4.78, 5) is 37.5. The average Bonchev–Trinajstić information content (AvgIpc) is 2.58. The van der Waals surface area contributed by atoms with Gasteiger partial charge >= 0.3 is 0 Å². The predicted molar refractivity (Wildman–Crippen MR) is 94.4 cm³/mol. The maximum Gasteiger partial charge on any atom is 0.282 e. The minimum absolute atomic E-state index is 0.0172. The number of carbonyl (C=O) groups is 2. The van der Waals surface area contributed by atoms with Gasteiger partial charge in [0.1, 0.15) is 5.56 Å². The Kier molecular flexibility index (Phi) is 8.25. The lowest BCUT2D eigenvalue weighted by Crippen LogP contribution is -2.41. The maximum absolute atomic E-state index is 12.8. The molecule has 0 bridgehead atoms. The third-order valence-corrected chi connectivity index (χ3v) is 4.04. The van der Waals surface area contributed by atoms with Crippen LogP contribution in [-0.4, -0.2) is 47.5 Å². The van der Waals surface area contributed by atoms with E-state index >= 15 is 0 Å². The average molecular weight is 353 g/mol. The van der Waals surface area contributed by atoms with Crippen LogP contribution in [0.5, 0.6) is 0 Å². The van der Waals surface area contributed by atoms with Crippen molar-refractivity contribution in [2.75, 3.05) is 25.9 Å². The first-order valence-corrected chi connectivity index (χ1v) is 9.05. The molecule has 0 atom stereocenters. The quantitative estimate of drug-likeness (QED) is 0.418. The van der Waals surface area contributed by atoms with Gasteiger partial charge in [0.05, 0.1) is 11.5 Å². The number of hydrogen-bond acceptors (Lipinski definition) is 5. The van der Waals surface area contributed by atoms with Crippen molar-refractivity contribution in [3.05, 3.63) is 33.9 Å². The molecule has 132 valence electrons. The zero-order valence-electron chi connectivity index (χ0n) is 14.2. The first-order valence-electron chi connectivity index (χ1n) is 7.82. The summed E-state index contributed by atoms with van der Waals surface area (Å²) < 4.78 is 0. The Balaban J connectivity index is 3.09. The van der Waals surface area contributed by atoms with Crippen LogP contribution in [0.15, 0.2) is 23.1 Å². The summed E-state index contributed by atoms with van der Waals surface area (Å²) in [6, 6.07) is 4.45. The molecule has 7 nitrogen and oxygen atoms in total. The Labute approximate surface area is 145 Å². The van der Waals surface area contributed by atoms with Gasteiger partial charge in [-0.25, -0.2) is 0 Å². The molecule has 1 rings (SSSR count). The van der Waals surface area contributed by atoms with Crippen molar-refractivity contribution in [3.63, 3.8) is 0 Å². The number of benzene rings is 1. The Morgan fingerprint density at radius 3 is 2.54 bits per heavy atom. The predicted octanol–water partition coefficient (Wildman–Crippen LogP) is 2.70. The van der Waals surface area contributed by atoms with Crippen molar-refractivity contribution in [2.45, 2.75) is 31.6 Å². The van der Waals surface area contributed by atoms with Gasteiger partial charge in [-0.1, -0.05) is 13.8 Å². The van der Waals surface area contributed by atoms with Gasteiger partial charge in [0.2, 0.25) is 5.91 Å². The van der Waals surface area contributed by atoms with Gasteiger partial charge in [-0.3, -0.25) is 19.7 Å². The summed E-state index contributed by atoms with van der Waals surface area (Å²) in [7, 11) is 0. The van der Waals surface area contributed by atoms with E-state index in [2.05, 4.69) is 5.32 Å². The topological polar surface area (TPSA) is 92.6 Å². The fraction of sp³-hybridized carbons (Fsp3) is 0.500. The number of nitro groups is 1. The van der Waals surface area contributed by atoms with Crippen LogP contribution in [0.25, 0.3) is 0 Å². The van der Waals surface area contributed by atoms with Crippen molar-refractivity contribution in [1.82, 2.24) is 10.2 Å². The number of thioether (sulfide) groups is 1. The highest BCUT2D eigenvalue weighted by molar-refractivity contribution is 7.98. The number of carbonyl (C=O) groups excluding carboxylic acids is 2. The molecule has 0 saturated carbocycles. The summed E-state index contributed by atoms with van der Waals surface area (Å²) >= 11 is 1.40. The molecular formula is C16H23N3O4S. The van der Waals surface area contributed by atoms with Gasteiger partial charge in [-0.05, 0) is 31.2 Å². The molecule has 0 unspecified atom stereocenters. The second-order valence-electron chi connectivity index (χ2n) is 5.22. The molecule has 0 aromatic heterocycles. The highest BCUT2D eigenvalue weighted by Gasteiger charge is 2.26. The van der Waals surface area contributed by atoms with E-state index in [9.17, 15) is 19.7 Å². The van der Waals surface area contributed by atoms with Crippen LogP contribution >= 0.6 is 11.8 Å². The number of hydrogen-bond donors (Lipinski definition) is 1. The molecule has 0 aliphatic heterocycles. The largest absolute Gasteiger partial charge is 0.355 e. The van der Waals surface area contributed by atoms with Gasteiger partial charge in [0, 0.05) is 24.1 Å². The molecule has 0 radical (unpaired) electrons. The minimum atomic E-state index is -0.571. The highest BCUT2D eigenvalue weighted by atomic mass is 32.2. The summed E-state index contributed by atoms with van der Waals surface area (Å²) in [6.45, 7) is 4.62. The molecule has 0 saturated heterocycles. The lowest BCUT2D eigenvalue weighted by molar-refractivity contribution is -0.385. The molecule has 24 heavy (non-hydrogen) atoms. The van der Waals surface area contributed by atoms with Crippen molar-refractivity contribution >= 4 is 29.3 Å². The molecule has 0 fully saturated rings. The maximum atomic E-state index is 12.8. The van der Waals surface area contributed by atoms with Gasteiger partial charge < -0.3 is 10.2 Å². The molecule has 1 aromatic rings. The third-order valence-electron chi connectivity index (χ3n) is 3.32. The standard InChI is InChI=1S/C16H23N3O4S/c1-4-8-17-15(20)11-18(9-5-2)16(21)13-10-12(24-3)6-7-14(13)19(22)23/h6-7,10H,4-5,8-9,11H2,1-3H3,(H,17,20). The Morgan fingerprint density at radius 2 is 2.00 bits per heavy atom. The summed E-state index contributed by atoms with van der Waals surface area (Å²) in [5.41, 5.74) is -0.225. The fourth-order valence-electron chi connectivity index (χ4n) is 2.16. The van der Waals surface area contributed by atoms with Crippen LogP contribution in [0.4, 0.5) is 5.69 Å². The summed E-state index contributed by atoms with van der Waals surface area (Å²) in [6.07, 6.45) is 3.29. The molecule has 0 aliphatic rings. The third kappa shape index (κ3) is 5.52. The van der Waals surface area contributed by atoms with Gasteiger partial charge in [-0.15, -0.1) is 11.8 Å². The van der Waals surface area contributed by atoms with Crippen LogP contribution in [0.3, 0.4) is 0 Å². The van der Waals surface area contributed by atoms with E-state index in [4.69, 9.17) is 0 Å². The van der Waals surface area contributed by atoms with E-state index in [1.807, 2.05) is 20.1 Å². The number of rotatable bonds is 9. The number of nitro benzene ring substituents is 1. The first-order chi connectivity index (χ1) is 11.4. The molecule has 0 heterocycles. The van der Waals surface area contributed by atoms with Gasteiger partial charge in [-0.2, -0.15) is 0 Å². The van der Waals surface area contributed by atoms with Crippen molar-refractivity contribution in [2.24, 2.45) is 0 Å². The molecular weight excluding hydrogens is 330 g/mol. The van der Waals surface area contributed by atoms with Crippen molar-refractivity contribution < 1.29 is 14.5 Å². The monoisotopic (exact) mass is 353 g/mol. The Bertz CT molecular complexity index is 607. The molecule has 1 aromatic carbocycles. The van der Waals surface area contributed by atoms with Crippen LogP contribution in [0.1, 0.15) is 37.0 Å². The lowest BCUT2D eigenvalue weighted by Gasteiger charge is -2.21. The molecule has 0 aliphatic carbocycles. The van der Waals surface area contributed by atoms with Crippen molar-refractivity contribution in [1.29, 1.82) is 0 Å². The van der Waals surface area contributed by atoms with Crippen molar-refractivity contribution in [3.8, 4) is 0 Å². The Hall–Kier alpha value is -2.09. The fourth-order valence-corrected chi connectivity index (χ4v) is 2.60. The minimum Gasteiger partial charge on any atom is -0.355 e. The second-order valence-corrected chi connectivity index (χ2v) is 6.10. The zero-order chi connectivity index (χ0) is 18.1. The smallest absolute Gasteiger partial charge is 0.282 e. The summed E-state index contributed by atoms with van der Waals surface area (Å²) in [5.74, 6) is -0.756.